The SMILES string of the molecule is COc1cc(N=S(C)(C)=O)cc2ncnc(Nc3cccnc3O[C@H](C)C(=O)NCC(F)(F)F)c12. The summed E-state index contributed by atoms with van der Waals surface area (Å²) in [6.45, 7) is -0.170. The van der Waals surface area contributed by atoms with Gasteiger partial charge in [0.25, 0.3) is 5.91 Å². The summed E-state index contributed by atoms with van der Waals surface area (Å²) in [7, 11) is -0.977. The van der Waals surface area contributed by atoms with Crippen molar-refractivity contribution >= 4 is 43.7 Å². The summed E-state index contributed by atoms with van der Waals surface area (Å²) in [6.07, 6.45) is -0.0896. The number of nitrogens with one attached hydrogen (secondary N) is 2. The number of carbonyl (C=O) groups is 1. The number of fused-ring (bicyclic) bond motifs is 1. The van der Waals surface area contributed by atoms with E-state index in [2.05, 4.69) is 24.6 Å². The lowest BCUT2D eigenvalue weighted by Gasteiger charge is -2.18. The Balaban J connectivity index is 1.93. The molecule has 0 aliphatic heterocycles. The highest BCUT2D eigenvalue weighted by Gasteiger charge is 2.29. The maximum Gasteiger partial charge on any atom is 0.405 e. The van der Waals surface area contributed by atoms with E-state index in [1.165, 1.54) is 39.1 Å². The molecule has 188 valence electrons. The molecule has 0 unspecified atom stereocenters. The smallest absolute Gasteiger partial charge is 0.405 e. The number of carbonyl (C=O) groups excluding carboxylic acids is 1. The monoisotopic (exact) mass is 512 g/mol. The molecule has 0 bridgehead atoms. The molecule has 1 amide bonds. The first-order valence-electron chi connectivity index (χ1n) is 10.1. The number of rotatable bonds is 8. The van der Waals surface area contributed by atoms with Crippen LogP contribution in [0.3, 0.4) is 0 Å². The number of pyridine rings is 1. The number of anilines is 2. The van der Waals surface area contributed by atoms with Gasteiger partial charge in [-0.2, -0.15) is 17.5 Å². The zero-order chi connectivity index (χ0) is 25.8. The van der Waals surface area contributed by atoms with E-state index < -0.39 is 34.5 Å². The third-order valence-corrected chi connectivity index (χ3v) is 5.03. The van der Waals surface area contributed by atoms with Gasteiger partial charge < -0.3 is 20.1 Å². The van der Waals surface area contributed by atoms with Crippen LogP contribution in [0.5, 0.6) is 11.6 Å². The maximum atomic E-state index is 12.4. The average molecular weight is 513 g/mol. The fraction of sp³-hybridized carbons (Fsp3) is 0.333. The van der Waals surface area contributed by atoms with Crippen molar-refractivity contribution in [1.82, 2.24) is 20.3 Å². The number of aromatic nitrogens is 3. The highest BCUT2D eigenvalue weighted by molar-refractivity contribution is 7.92. The fourth-order valence-electron chi connectivity index (χ4n) is 2.96. The predicted octanol–water partition coefficient (Wildman–Crippen LogP) is 3.58. The number of halogens is 3. The molecular formula is C21H23F3N6O4S. The van der Waals surface area contributed by atoms with Crippen LogP contribution in [0, 0.1) is 0 Å². The van der Waals surface area contributed by atoms with Gasteiger partial charge in [-0.05, 0) is 25.1 Å². The van der Waals surface area contributed by atoms with E-state index >= 15 is 0 Å². The number of hydrogen-bond donors (Lipinski definition) is 2. The Morgan fingerprint density at radius 3 is 2.63 bits per heavy atom. The molecule has 1 aromatic carbocycles. The van der Waals surface area contributed by atoms with Crippen molar-refractivity contribution in [2.45, 2.75) is 19.2 Å². The topological polar surface area (TPSA) is 128 Å². The zero-order valence-electron chi connectivity index (χ0n) is 19.2. The van der Waals surface area contributed by atoms with Crippen molar-refractivity contribution < 1.29 is 31.6 Å². The van der Waals surface area contributed by atoms with E-state index in [1.54, 1.807) is 29.6 Å². The number of amides is 1. The first-order chi connectivity index (χ1) is 16.4. The molecule has 0 aliphatic carbocycles. The summed E-state index contributed by atoms with van der Waals surface area (Å²) in [5.74, 6) is -0.317. The molecule has 0 spiro atoms. The van der Waals surface area contributed by atoms with E-state index in [9.17, 15) is 22.2 Å². The maximum absolute atomic E-state index is 12.4. The van der Waals surface area contributed by atoms with Gasteiger partial charge in [-0.3, -0.25) is 4.79 Å². The summed E-state index contributed by atoms with van der Waals surface area (Å²) < 4.78 is 64.4. The van der Waals surface area contributed by atoms with Gasteiger partial charge >= 0.3 is 6.18 Å². The first kappa shape index (κ1) is 25.9. The Morgan fingerprint density at radius 1 is 1.23 bits per heavy atom. The molecule has 0 radical (unpaired) electrons. The van der Waals surface area contributed by atoms with E-state index in [-0.39, 0.29) is 5.88 Å². The van der Waals surface area contributed by atoms with Gasteiger partial charge in [0.1, 0.15) is 30.1 Å². The normalized spacial score (nSPS) is 12.7. The fourth-order valence-corrected chi connectivity index (χ4v) is 3.57. The van der Waals surface area contributed by atoms with Gasteiger partial charge in [0, 0.05) is 34.5 Å². The van der Waals surface area contributed by atoms with Crippen molar-refractivity contribution in [3.05, 3.63) is 36.8 Å². The number of nitrogens with zero attached hydrogens (tertiary/aromatic N) is 4. The van der Waals surface area contributed by atoms with E-state index in [1.807, 2.05) is 0 Å². The minimum atomic E-state index is -4.54. The zero-order valence-corrected chi connectivity index (χ0v) is 20.0. The van der Waals surface area contributed by atoms with Crippen LogP contribution in [-0.2, 0) is 14.5 Å². The van der Waals surface area contributed by atoms with Gasteiger partial charge in [-0.15, -0.1) is 0 Å². The standard InChI is InChI=1S/C21H23F3N6O4S/c1-12(19(31)26-10-21(22,23)24)34-20-14(6-5-7-25-20)29-18-17-15(27-11-28-18)8-13(9-16(17)33-2)30-35(3,4)32/h5-9,11-12H,10H2,1-4H3,(H,26,31)(H,27,28,29)/t12-/m1/s1. The second-order valence-electron chi connectivity index (χ2n) is 7.61. The lowest BCUT2D eigenvalue weighted by molar-refractivity contribution is -0.142. The predicted molar refractivity (Wildman–Crippen MR) is 125 cm³/mol. The molecule has 35 heavy (non-hydrogen) atoms. The van der Waals surface area contributed by atoms with Gasteiger partial charge in [-0.25, -0.2) is 19.2 Å². The van der Waals surface area contributed by atoms with Crippen LogP contribution in [0.1, 0.15) is 6.92 Å². The van der Waals surface area contributed by atoms with Crippen LogP contribution in [0.15, 0.2) is 41.2 Å². The van der Waals surface area contributed by atoms with Gasteiger partial charge in [-0.1, -0.05) is 0 Å². The van der Waals surface area contributed by atoms with E-state index in [0.717, 1.165) is 0 Å². The molecule has 0 saturated carbocycles. The van der Waals surface area contributed by atoms with Gasteiger partial charge in [0.05, 0.1) is 23.7 Å². The number of methoxy groups -OCH3 is 1. The van der Waals surface area contributed by atoms with Crippen LogP contribution in [-0.4, -0.2) is 63.5 Å². The van der Waals surface area contributed by atoms with Gasteiger partial charge in [0.15, 0.2) is 6.10 Å². The minimum absolute atomic E-state index is 0.0313. The molecule has 10 nitrogen and oxygen atoms in total. The number of ether oxygens (including phenoxy) is 2. The lowest BCUT2D eigenvalue weighted by atomic mass is 10.2. The minimum Gasteiger partial charge on any atom is -0.496 e. The molecule has 14 heteroatoms. The summed E-state index contributed by atoms with van der Waals surface area (Å²) in [5, 5.41) is 5.29. The van der Waals surface area contributed by atoms with E-state index in [4.69, 9.17) is 9.47 Å². The Kier molecular flexibility index (Phi) is 7.63. The molecule has 0 saturated heterocycles. The molecule has 2 aromatic heterocycles. The van der Waals surface area contributed by atoms with Crippen molar-refractivity contribution in [2.24, 2.45) is 4.36 Å². The Hall–Kier alpha value is -3.68. The Morgan fingerprint density at radius 2 is 1.97 bits per heavy atom. The van der Waals surface area contributed by atoms with Crippen molar-refractivity contribution in [3.63, 3.8) is 0 Å². The third kappa shape index (κ3) is 7.15. The second-order valence-corrected chi connectivity index (χ2v) is 10.2. The van der Waals surface area contributed by atoms with Crippen LogP contribution in [0.2, 0.25) is 0 Å². The number of hydrogen-bond acceptors (Lipinski definition) is 9. The van der Waals surface area contributed by atoms with Crippen LogP contribution >= 0.6 is 0 Å². The molecule has 0 fully saturated rings. The van der Waals surface area contributed by atoms with Crippen molar-refractivity contribution in [2.75, 3.05) is 31.5 Å². The molecule has 3 aromatic rings. The first-order valence-corrected chi connectivity index (χ1v) is 12.4. The molecule has 1 atom stereocenters. The molecule has 0 aliphatic rings. The van der Waals surface area contributed by atoms with Crippen LogP contribution in [0.4, 0.5) is 30.4 Å². The largest absolute Gasteiger partial charge is 0.496 e. The van der Waals surface area contributed by atoms with E-state index in [0.29, 0.717) is 33.8 Å². The van der Waals surface area contributed by atoms with Crippen molar-refractivity contribution in [3.8, 4) is 11.6 Å². The highest BCUT2D eigenvalue weighted by Crippen LogP contribution is 2.36. The quantitative estimate of drug-likeness (QED) is 0.469. The second kappa shape index (κ2) is 10.3. The number of alkyl halides is 3. The van der Waals surface area contributed by atoms with Crippen molar-refractivity contribution in [1.29, 1.82) is 0 Å². The highest BCUT2D eigenvalue weighted by atomic mass is 32.2. The van der Waals surface area contributed by atoms with Crippen LogP contribution in [0.25, 0.3) is 10.9 Å². The average Bonchev–Trinajstić information content (AvgIpc) is 2.76. The van der Waals surface area contributed by atoms with Crippen LogP contribution < -0.4 is 20.1 Å². The molecular weight excluding hydrogens is 489 g/mol. The lowest BCUT2D eigenvalue weighted by Crippen LogP contribution is -2.41. The summed E-state index contributed by atoms with van der Waals surface area (Å²) in [4.78, 5) is 24.6. The molecule has 3 rings (SSSR count). The molecule has 2 N–H and O–H groups in total. The summed E-state index contributed by atoms with van der Waals surface area (Å²) in [6, 6.07) is 6.42. The Bertz CT molecular complexity index is 1350. The number of benzene rings is 1. The van der Waals surface area contributed by atoms with Gasteiger partial charge in [0.2, 0.25) is 5.88 Å². The molecule has 2 heterocycles. The summed E-state index contributed by atoms with van der Waals surface area (Å²) in [5.41, 5.74) is 1.16. The Labute approximate surface area is 199 Å². The summed E-state index contributed by atoms with van der Waals surface area (Å²) >= 11 is 0. The third-order valence-electron chi connectivity index (χ3n) is 4.38.